The predicted molar refractivity (Wildman–Crippen MR) is 76.9 cm³/mol. The lowest BCUT2D eigenvalue weighted by Crippen LogP contribution is -2.48. The first-order valence-corrected chi connectivity index (χ1v) is 8.21. The molecule has 0 bridgehead atoms. The second-order valence-corrected chi connectivity index (χ2v) is 6.82. The molecule has 0 unspecified atom stereocenters. The largest absolute Gasteiger partial charge is 0.335 e. The number of hydrogen-bond donors (Lipinski definition) is 1. The summed E-state index contributed by atoms with van der Waals surface area (Å²) >= 11 is 0. The van der Waals surface area contributed by atoms with Gasteiger partial charge in [0.15, 0.2) is 5.03 Å². The maximum Gasteiger partial charge on any atom is 0.260 e. The van der Waals surface area contributed by atoms with E-state index in [0.29, 0.717) is 26.2 Å². The van der Waals surface area contributed by atoms with Gasteiger partial charge < -0.3 is 4.98 Å². The van der Waals surface area contributed by atoms with Crippen LogP contribution in [0.25, 0.3) is 0 Å². The molecule has 21 heavy (non-hydrogen) atoms. The Morgan fingerprint density at radius 3 is 2.62 bits per heavy atom. The summed E-state index contributed by atoms with van der Waals surface area (Å²) in [7, 11) is -3.44. The average Bonchev–Trinajstić information content (AvgIpc) is 3.04. The number of nitrogens with zero attached hydrogens (tertiary/aromatic N) is 4. The van der Waals surface area contributed by atoms with Crippen LogP contribution in [0.15, 0.2) is 41.9 Å². The molecule has 2 aromatic rings. The van der Waals surface area contributed by atoms with Gasteiger partial charge in [-0.3, -0.25) is 9.88 Å². The number of piperazine rings is 1. The lowest BCUT2D eigenvalue weighted by atomic mass is 10.3. The first kappa shape index (κ1) is 14.2. The van der Waals surface area contributed by atoms with Gasteiger partial charge in [-0.15, -0.1) is 0 Å². The Morgan fingerprint density at radius 1 is 1.19 bits per heavy atom. The van der Waals surface area contributed by atoms with Crippen molar-refractivity contribution in [2.45, 2.75) is 11.6 Å². The molecule has 1 N–H and O–H groups in total. The van der Waals surface area contributed by atoms with Crippen molar-refractivity contribution in [3.63, 3.8) is 0 Å². The van der Waals surface area contributed by atoms with Gasteiger partial charge in [0.2, 0.25) is 0 Å². The van der Waals surface area contributed by atoms with E-state index in [2.05, 4.69) is 19.9 Å². The summed E-state index contributed by atoms with van der Waals surface area (Å²) in [6.45, 7) is 3.11. The standard InChI is InChI=1S/C13H17N5O2S/c19-21(20,13-9-14-11-16-13)18-7-5-17(6-8-18)10-12-3-1-2-4-15-12/h1-4,9,11H,5-8,10H2,(H,14,16). The number of pyridine rings is 1. The van der Waals surface area contributed by atoms with Crippen LogP contribution in [-0.4, -0.2) is 58.8 Å². The van der Waals surface area contributed by atoms with Gasteiger partial charge in [-0.2, -0.15) is 4.31 Å². The van der Waals surface area contributed by atoms with Crippen molar-refractivity contribution in [2.75, 3.05) is 26.2 Å². The van der Waals surface area contributed by atoms with Crippen LogP contribution in [0.4, 0.5) is 0 Å². The maximum atomic E-state index is 12.3. The maximum absolute atomic E-state index is 12.3. The smallest absolute Gasteiger partial charge is 0.260 e. The third-order valence-corrected chi connectivity index (χ3v) is 5.36. The highest BCUT2D eigenvalue weighted by molar-refractivity contribution is 7.89. The van der Waals surface area contributed by atoms with Gasteiger partial charge in [-0.25, -0.2) is 13.4 Å². The summed E-state index contributed by atoms with van der Waals surface area (Å²) in [5, 5.41) is 0.153. The molecule has 3 heterocycles. The molecule has 1 fully saturated rings. The molecule has 1 saturated heterocycles. The third kappa shape index (κ3) is 3.12. The zero-order valence-corrected chi connectivity index (χ0v) is 12.3. The molecule has 7 nitrogen and oxygen atoms in total. The van der Waals surface area contributed by atoms with Crippen molar-refractivity contribution in [2.24, 2.45) is 0 Å². The first-order chi connectivity index (χ1) is 10.2. The van der Waals surface area contributed by atoms with Gasteiger partial charge in [0.05, 0.1) is 18.2 Å². The zero-order chi connectivity index (χ0) is 14.7. The fraction of sp³-hybridized carbons (Fsp3) is 0.385. The molecule has 0 radical (unpaired) electrons. The third-order valence-electron chi connectivity index (χ3n) is 3.53. The van der Waals surface area contributed by atoms with E-state index in [1.807, 2.05) is 18.2 Å². The van der Waals surface area contributed by atoms with E-state index in [9.17, 15) is 8.42 Å². The molecule has 0 aliphatic carbocycles. The molecule has 0 atom stereocenters. The highest BCUT2D eigenvalue weighted by Gasteiger charge is 2.29. The molecular weight excluding hydrogens is 290 g/mol. The van der Waals surface area contributed by atoms with E-state index < -0.39 is 10.0 Å². The van der Waals surface area contributed by atoms with Crippen LogP contribution in [0.2, 0.25) is 0 Å². The number of hydrogen-bond acceptors (Lipinski definition) is 5. The fourth-order valence-corrected chi connectivity index (χ4v) is 3.69. The monoisotopic (exact) mass is 307 g/mol. The van der Waals surface area contributed by atoms with Crippen LogP contribution in [0.1, 0.15) is 5.69 Å². The summed E-state index contributed by atoms with van der Waals surface area (Å²) in [6, 6.07) is 5.83. The summed E-state index contributed by atoms with van der Waals surface area (Å²) in [5.41, 5.74) is 1.00. The first-order valence-electron chi connectivity index (χ1n) is 6.77. The lowest BCUT2D eigenvalue weighted by molar-refractivity contribution is 0.179. The van der Waals surface area contributed by atoms with Crippen LogP contribution in [0.3, 0.4) is 0 Å². The quantitative estimate of drug-likeness (QED) is 0.879. The van der Waals surface area contributed by atoms with Crippen molar-refractivity contribution < 1.29 is 8.42 Å². The Hall–Kier alpha value is -1.77. The highest BCUT2D eigenvalue weighted by atomic mass is 32.2. The van der Waals surface area contributed by atoms with E-state index in [0.717, 1.165) is 12.2 Å². The second-order valence-electron chi connectivity index (χ2n) is 4.92. The second kappa shape index (κ2) is 5.92. The highest BCUT2D eigenvalue weighted by Crippen LogP contribution is 2.15. The zero-order valence-electron chi connectivity index (χ0n) is 11.5. The van der Waals surface area contributed by atoms with Crippen molar-refractivity contribution in [1.29, 1.82) is 0 Å². The van der Waals surface area contributed by atoms with Gasteiger partial charge in [-0.05, 0) is 12.1 Å². The van der Waals surface area contributed by atoms with Gasteiger partial charge in [0.25, 0.3) is 10.0 Å². The fourth-order valence-electron chi connectivity index (χ4n) is 2.37. The summed E-state index contributed by atoms with van der Waals surface area (Å²) in [4.78, 5) is 12.9. The van der Waals surface area contributed by atoms with Gasteiger partial charge in [-0.1, -0.05) is 6.07 Å². The number of aromatic nitrogens is 3. The van der Waals surface area contributed by atoms with E-state index in [-0.39, 0.29) is 5.03 Å². The number of aromatic amines is 1. The number of rotatable bonds is 4. The summed E-state index contributed by atoms with van der Waals surface area (Å²) < 4.78 is 26.2. The average molecular weight is 307 g/mol. The van der Waals surface area contributed by atoms with Crippen LogP contribution < -0.4 is 0 Å². The van der Waals surface area contributed by atoms with E-state index >= 15 is 0 Å². The lowest BCUT2D eigenvalue weighted by Gasteiger charge is -2.33. The SMILES string of the molecule is O=S(=O)(c1cnc[nH]1)N1CCN(Cc2ccccn2)CC1. The molecule has 3 rings (SSSR count). The van der Waals surface area contributed by atoms with Gasteiger partial charge in [0.1, 0.15) is 0 Å². The van der Waals surface area contributed by atoms with Crippen molar-refractivity contribution in [3.05, 3.63) is 42.6 Å². The predicted octanol–water partition coefficient (Wildman–Crippen LogP) is 0.311. The van der Waals surface area contributed by atoms with Crippen molar-refractivity contribution in [3.8, 4) is 0 Å². The van der Waals surface area contributed by atoms with Crippen LogP contribution in [0.5, 0.6) is 0 Å². The topological polar surface area (TPSA) is 82.2 Å². The minimum atomic E-state index is -3.44. The molecule has 112 valence electrons. The van der Waals surface area contributed by atoms with Gasteiger partial charge in [0, 0.05) is 38.9 Å². The van der Waals surface area contributed by atoms with Crippen LogP contribution in [-0.2, 0) is 16.6 Å². The molecule has 0 aromatic carbocycles. The van der Waals surface area contributed by atoms with Crippen LogP contribution >= 0.6 is 0 Å². The number of H-pyrrole nitrogens is 1. The molecular formula is C13H17N5O2S. The van der Waals surface area contributed by atoms with Crippen LogP contribution in [0, 0.1) is 0 Å². The Bertz CT molecular complexity index is 664. The van der Waals surface area contributed by atoms with E-state index in [1.54, 1.807) is 6.20 Å². The molecule has 0 spiro atoms. The van der Waals surface area contributed by atoms with E-state index in [1.165, 1.54) is 16.8 Å². The van der Waals surface area contributed by atoms with Crippen molar-refractivity contribution in [1.82, 2.24) is 24.2 Å². The minimum Gasteiger partial charge on any atom is -0.335 e. The molecule has 2 aromatic heterocycles. The Labute approximate surface area is 123 Å². The van der Waals surface area contributed by atoms with Crippen molar-refractivity contribution >= 4 is 10.0 Å². The Kier molecular flexibility index (Phi) is 4.00. The number of imidazole rings is 1. The molecule has 8 heteroatoms. The minimum absolute atomic E-state index is 0.153. The van der Waals surface area contributed by atoms with E-state index in [4.69, 9.17) is 0 Å². The Balaban J connectivity index is 1.61. The molecule has 0 saturated carbocycles. The molecule has 0 amide bonds. The van der Waals surface area contributed by atoms with Gasteiger partial charge >= 0.3 is 0 Å². The normalized spacial score (nSPS) is 17.9. The summed E-state index contributed by atoms with van der Waals surface area (Å²) in [5.74, 6) is 0. The molecule has 1 aliphatic heterocycles. The molecule has 1 aliphatic rings. The number of sulfonamides is 1. The Morgan fingerprint density at radius 2 is 2.00 bits per heavy atom. The number of nitrogens with one attached hydrogen (secondary N) is 1. The summed E-state index contributed by atoms with van der Waals surface area (Å²) in [6.07, 6.45) is 4.49.